The average Bonchev–Trinajstić information content (AvgIpc) is 2.98. The van der Waals surface area contributed by atoms with Crippen LogP contribution in [0.5, 0.6) is 0 Å². The molecule has 0 aromatic heterocycles. The fraction of sp³-hybridized carbons (Fsp3) is 0.533. The van der Waals surface area contributed by atoms with Crippen molar-refractivity contribution in [1.82, 2.24) is 4.90 Å². The van der Waals surface area contributed by atoms with E-state index in [4.69, 9.17) is 11.6 Å². The molecule has 2 rings (SSSR count). The zero-order chi connectivity index (χ0) is 14.9. The van der Waals surface area contributed by atoms with Gasteiger partial charge in [0.2, 0.25) is 0 Å². The molecule has 5 heteroatoms. The number of benzene rings is 1. The molecule has 1 unspecified atom stereocenters. The molecule has 0 aliphatic carbocycles. The smallest absolute Gasteiger partial charge is 0.185 e. The van der Waals surface area contributed by atoms with Gasteiger partial charge in [0, 0.05) is 4.47 Å². The SMILES string of the molecule is CCC(C)(C(=O)c1ccc(Br)c(Cl)c1F)N1CCCC1. The van der Waals surface area contributed by atoms with Gasteiger partial charge in [0.1, 0.15) is 0 Å². The molecule has 0 radical (unpaired) electrons. The van der Waals surface area contributed by atoms with E-state index in [-0.39, 0.29) is 16.4 Å². The number of rotatable bonds is 4. The van der Waals surface area contributed by atoms with Crippen molar-refractivity contribution < 1.29 is 9.18 Å². The predicted octanol–water partition coefficient (Wildman–Crippen LogP) is 4.69. The first kappa shape index (κ1) is 15.9. The number of hydrogen-bond acceptors (Lipinski definition) is 2. The normalized spacial score (nSPS) is 19.1. The van der Waals surface area contributed by atoms with Crippen molar-refractivity contribution in [3.63, 3.8) is 0 Å². The Labute approximate surface area is 132 Å². The molecule has 0 amide bonds. The van der Waals surface area contributed by atoms with Crippen LogP contribution in [-0.2, 0) is 0 Å². The molecule has 0 bridgehead atoms. The Bertz CT molecular complexity index is 531. The summed E-state index contributed by atoms with van der Waals surface area (Å²) in [4.78, 5) is 15.0. The van der Waals surface area contributed by atoms with E-state index < -0.39 is 11.4 Å². The van der Waals surface area contributed by atoms with Gasteiger partial charge in [0.05, 0.1) is 16.1 Å². The van der Waals surface area contributed by atoms with Gasteiger partial charge in [0.25, 0.3) is 0 Å². The fourth-order valence-corrected chi connectivity index (χ4v) is 3.20. The lowest BCUT2D eigenvalue weighted by atomic mass is 9.87. The topological polar surface area (TPSA) is 20.3 Å². The van der Waals surface area contributed by atoms with Crippen molar-refractivity contribution in [3.05, 3.63) is 33.0 Å². The quantitative estimate of drug-likeness (QED) is 0.572. The molecule has 1 aliphatic rings. The molecule has 0 spiro atoms. The van der Waals surface area contributed by atoms with E-state index in [9.17, 15) is 9.18 Å². The molecule has 0 saturated carbocycles. The van der Waals surface area contributed by atoms with Gasteiger partial charge < -0.3 is 0 Å². The number of nitrogens with zero attached hydrogens (tertiary/aromatic N) is 1. The molecule has 1 fully saturated rings. The Hall–Kier alpha value is -0.450. The molecule has 20 heavy (non-hydrogen) atoms. The second kappa shape index (κ2) is 6.12. The Morgan fingerprint density at radius 3 is 2.60 bits per heavy atom. The minimum atomic E-state index is -0.658. The van der Waals surface area contributed by atoms with Crippen molar-refractivity contribution in [2.45, 2.75) is 38.6 Å². The minimum Gasteiger partial charge on any atom is -0.292 e. The number of halogens is 3. The predicted molar refractivity (Wildman–Crippen MR) is 82.9 cm³/mol. The first-order valence-corrected chi connectivity index (χ1v) is 8.02. The largest absolute Gasteiger partial charge is 0.292 e. The Morgan fingerprint density at radius 2 is 2.05 bits per heavy atom. The molecule has 2 nitrogen and oxygen atoms in total. The van der Waals surface area contributed by atoms with Gasteiger partial charge in [-0.1, -0.05) is 18.5 Å². The summed E-state index contributed by atoms with van der Waals surface area (Å²) in [5, 5.41) is -0.0317. The summed E-state index contributed by atoms with van der Waals surface area (Å²) in [5.74, 6) is -0.821. The molecule has 110 valence electrons. The van der Waals surface area contributed by atoms with Gasteiger partial charge in [-0.25, -0.2) is 4.39 Å². The lowest BCUT2D eigenvalue weighted by molar-refractivity contribution is 0.0643. The van der Waals surface area contributed by atoms with E-state index >= 15 is 0 Å². The van der Waals surface area contributed by atoms with Crippen LogP contribution >= 0.6 is 27.5 Å². The molecule has 1 aromatic carbocycles. The van der Waals surface area contributed by atoms with Crippen LogP contribution in [0.25, 0.3) is 0 Å². The number of hydrogen-bond donors (Lipinski definition) is 0. The highest BCUT2D eigenvalue weighted by Crippen LogP contribution is 2.33. The molecule has 0 N–H and O–H groups in total. The molecule has 1 saturated heterocycles. The van der Waals surface area contributed by atoms with Gasteiger partial charge in [-0.2, -0.15) is 0 Å². The summed E-state index contributed by atoms with van der Waals surface area (Å²) in [6.45, 7) is 5.65. The molecule has 1 atom stereocenters. The molecule has 1 aromatic rings. The van der Waals surface area contributed by atoms with Crippen molar-refractivity contribution in [3.8, 4) is 0 Å². The fourth-order valence-electron chi connectivity index (χ4n) is 2.73. The van der Waals surface area contributed by atoms with Crippen LogP contribution in [0.3, 0.4) is 0 Å². The summed E-state index contributed by atoms with van der Waals surface area (Å²) in [7, 11) is 0. The maximum Gasteiger partial charge on any atom is 0.185 e. The van der Waals surface area contributed by atoms with Gasteiger partial charge in [-0.15, -0.1) is 0 Å². The van der Waals surface area contributed by atoms with E-state index in [0.29, 0.717) is 10.9 Å². The third-order valence-electron chi connectivity index (χ3n) is 4.26. The lowest BCUT2D eigenvalue weighted by Crippen LogP contribution is -2.50. The summed E-state index contributed by atoms with van der Waals surface area (Å²) < 4.78 is 14.7. The van der Waals surface area contributed by atoms with Gasteiger partial charge >= 0.3 is 0 Å². The molecular weight excluding hydrogens is 345 g/mol. The van der Waals surface area contributed by atoms with Crippen molar-refractivity contribution in [2.24, 2.45) is 0 Å². The minimum absolute atomic E-state index is 0.0317. The van der Waals surface area contributed by atoms with E-state index in [1.165, 1.54) is 6.07 Å². The van der Waals surface area contributed by atoms with Crippen LogP contribution in [0, 0.1) is 5.82 Å². The van der Waals surface area contributed by atoms with Crippen LogP contribution < -0.4 is 0 Å². The summed E-state index contributed by atoms with van der Waals surface area (Å²) >= 11 is 9.06. The first-order valence-electron chi connectivity index (χ1n) is 6.85. The van der Waals surface area contributed by atoms with Crippen molar-refractivity contribution in [2.75, 3.05) is 13.1 Å². The number of carbonyl (C=O) groups is 1. The number of Topliss-reactive ketones (excluding diaryl/α,β-unsaturated/α-hetero) is 1. The monoisotopic (exact) mass is 361 g/mol. The second-order valence-electron chi connectivity index (χ2n) is 5.37. The third kappa shape index (κ3) is 2.66. The summed E-state index contributed by atoms with van der Waals surface area (Å²) in [5.41, 5.74) is -0.580. The van der Waals surface area contributed by atoms with Crippen molar-refractivity contribution in [1.29, 1.82) is 0 Å². The van der Waals surface area contributed by atoms with E-state index in [1.807, 2.05) is 13.8 Å². The summed E-state index contributed by atoms with van der Waals surface area (Å²) in [6.07, 6.45) is 2.83. The van der Waals surface area contributed by atoms with Crippen LogP contribution in [0.15, 0.2) is 16.6 Å². The highest BCUT2D eigenvalue weighted by atomic mass is 79.9. The van der Waals surface area contributed by atoms with E-state index in [0.717, 1.165) is 25.9 Å². The Balaban J connectivity index is 2.41. The number of carbonyl (C=O) groups excluding carboxylic acids is 1. The maximum absolute atomic E-state index is 14.3. The molecule has 1 aliphatic heterocycles. The highest BCUT2D eigenvalue weighted by Gasteiger charge is 2.40. The summed E-state index contributed by atoms with van der Waals surface area (Å²) in [6, 6.07) is 3.14. The number of ketones is 1. The van der Waals surface area contributed by atoms with Crippen LogP contribution in [0.4, 0.5) is 4.39 Å². The zero-order valence-corrected chi connectivity index (χ0v) is 14.0. The number of likely N-dealkylation sites (tertiary alicyclic amines) is 1. The Morgan fingerprint density at radius 1 is 1.45 bits per heavy atom. The van der Waals surface area contributed by atoms with Crippen molar-refractivity contribution >= 4 is 33.3 Å². The second-order valence-corrected chi connectivity index (χ2v) is 6.61. The lowest BCUT2D eigenvalue weighted by Gasteiger charge is -2.36. The van der Waals surface area contributed by atoms with Gasteiger partial charge in [-0.3, -0.25) is 9.69 Å². The average molecular weight is 363 g/mol. The van der Waals surface area contributed by atoms with Crippen LogP contribution in [-0.4, -0.2) is 29.3 Å². The molecular formula is C15H18BrClFNO. The van der Waals surface area contributed by atoms with E-state index in [1.54, 1.807) is 6.07 Å². The first-order chi connectivity index (χ1) is 9.41. The molecule has 1 heterocycles. The van der Waals surface area contributed by atoms with Gasteiger partial charge in [-0.05, 0) is 67.3 Å². The van der Waals surface area contributed by atoms with E-state index in [2.05, 4.69) is 20.8 Å². The zero-order valence-electron chi connectivity index (χ0n) is 11.7. The Kier molecular flexibility index (Phi) is 4.88. The third-order valence-corrected chi connectivity index (χ3v) is 5.52. The van der Waals surface area contributed by atoms with Crippen LogP contribution in [0.2, 0.25) is 5.02 Å². The highest BCUT2D eigenvalue weighted by molar-refractivity contribution is 9.10. The maximum atomic E-state index is 14.3. The van der Waals surface area contributed by atoms with Gasteiger partial charge in [0.15, 0.2) is 11.6 Å². The van der Waals surface area contributed by atoms with Crippen LogP contribution in [0.1, 0.15) is 43.5 Å². The standard InChI is InChI=1S/C15H18BrClFNO/c1-3-15(2,19-8-4-5-9-19)14(20)10-6-7-11(16)12(17)13(10)18/h6-7H,3-5,8-9H2,1-2H3.